The molecule has 11 heteroatoms. The number of nitrogens with one attached hydrogen (secondary N) is 1. The minimum atomic E-state index is -0.264. The molecule has 0 radical (unpaired) electrons. The number of thioether (sulfide) groups is 1. The Morgan fingerprint density at radius 3 is 2.48 bits per heavy atom. The summed E-state index contributed by atoms with van der Waals surface area (Å²) in [5, 5.41) is 3.48. The molecular formula is C20H20Cl2N4O3S2. The minimum Gasteiger partial charge on any atom is -0.479 e. The summed E-state index contributed by atoms with van der Waals surface area (Å²) >= 11 is 18.4. The fourth-order valence-corrected chi connectivity index (χ4v) is 4.96. The van der Waals surface area contributed by atoms with E-state index in [1.54, 1.807) is 30.3 Å². The van der Waals surface area contributed by atoms with Crippen LogP contribution in [-0.4, -0.2) is 56.0 Å². The fourth-order valence-electron chi connectivity index (χ4n) is 3.11. The van der Waals surface area contributed by atoms with Crippen molar-refractivity contribution in [2.24, 2.45) is 0 Å². The number of ether oxygens (including phenoxy) is 1. The monoisotopic (exact) mass is 498 g/mol. The molecule has 2 aromatic rings. The maximum Gasteiger partial charge on any atom is 0.261 e. The summed E-state index contributed by atoms with van der Waals surface area (Å²) in [5.74, 6) is -0.0123. The normalized spacial score (nSPS) is 13.8. The molecule has 0 saturated heterocycles. The molecule has 3 rings (SSSR count). The summed E-state index contributed by atoms with van der Waals surface area (Å²) in [6.45, 7) is 3.19. The Morgan fingerprint density at radius 1 is 1.19 bits per heavy atom. The number of amides is 2. The average molecular weight is 499 g/mol. The summed E-state index contributed by atoms with van der Waals surface area (Å²) < 4.78 is 5.84. The molecule has 164 valence electrons. The van der Waals surface area contributed by atoms with Crippen molar-refractivity contribution < 1.29 is 14.3 Å². The zero-order chi connectivity index (χ0) is 22.4. The van der Waals surface area contributed by atoms with Crippen molar-refractivity contribution in [1.29, 1.82) is 0 Å². The summed E-state index contributed by atoms with van der Waals surface area (Å²) in [6.07, 6.45) is 1.25. The molecule has 2 heterocycles. The van der Waals surface area contributed by atoms with E-state index in [2.05, 4.69) is 15.3 Å². The van der Waals surface area contributed by atoms with Gasteiger partial charge in [0.15, 0.2) is 0 Å². The van der Waals surface area contributed by atoms with Crippen molar-refractivity contribution in [2.75, 3.05) is 25.0 Å². The predicted octanol–water partition coefficient (Wildman–Crippen LogP) is 4.69. The third-order valence-corrected chi connectivity index (χ3v) is 6.40. The minimum absolute atomic E-state index is 0.0173. The second kappa shape index (κ2) is 11.1. The van der Waals surface area contributed by atoms with Crippen LogP contribution in [0.1, 0.15) is 40.5 Å². The number of carbonyl (C=O) groups is 2. The number of aromatic nitrogens is 2. The molecule has 1 unspecified atom stereocenters. The number of benzene rings is 1. The van der Waals surface area contributed by atoms with Crippen LogP contribution in [0.15, 0.2) is 30.3 Å². The van der Waals surface area contributed by atoms with E-state index < -0.39 is 0 Å². The van der Waals surface area contributed by atoms with E-state index in [0.717, 1.165) is 0 Å². The Balaban J connectivity index is 1.60. The third kappa shape index (κ3) is 6.29. The Labute approximate surface area is 199 Å². The van der Waals surface area contributed by atoms with Crippen LogP contribution in [0.4, 0.5) is 5.82 Å². The van der Waals surface area contributed by atoms with Crippen LogP contribution in [0.25, 0.3) is 0 Å². The van der Waals surface area contributed by atoms with Gasteiger partial charge in [-0.05, 0) is 55.7 Å². The zero-order valence-electron chi connectivity index (χ0n) is 16.6. The molecule has 1 aromatic carbocycles. The second-order valence-electron chi connectivity index (χ2n) is 6.58. The van der Waals surface area contributed by atoms with Crippen LogP contribution in [0.3, 0.4) is 0 Å². The number of anilines is 1. The van der Waals surface area contributed by atoms with Crippen LogP contribution in [0.5, 0.6) is 0 Å². The van der Waals surface area contributed by atoms with Gasteiger partial charge in [0.1, 0.15) is 11.0 Å². The van der Waals surface area contributed by atoms with Gasteiger partial charge in [0.05, 0.1) is 17.7 Å². The lowest BCUT2D eigenvalue weighted by molar-refractivity contribution is 0.0652. The number of nitrogens with zero attached hydrogens (tertiary/aromatic N) is 3. The van der Waals surface area contributed by atoms with Crippen molar-refractivity contribution in [3.05, 3.63) is 51.9 Å². The van der Waals surface area contributed by atoms with E-state index in [4.69, 9.17) is 40.2 Å². The smallest absolute Gasteiger partial charge is 0.261 e. The molecule has 2 amide bonds. The van der Waals surface area contributed by atoms with E-state index >= 15 is 0 Å². The first kappa shape index (κ1) is 23.7. The Morgan fingerprint density at radius 2 is 1.87 bits per heavy atom. The largest absolute Gasteiger partial charge is 0.479 e. The lowest BCUT2D eigenvalue weighted by atomic mass is 10.1. The highest BCUT2D eigenvalue weighted by Gasteiger charge is 2.35. The highest BCUT2D eigenvalue weighted by molar-refractivity contribution is 8.23. The van der Waals surface area contributed by atoms with Crippen LogP contribution < -0.4 is 5.32 Å². The van der Waals surface area contributed by atoms with Crippen molar-refractivity contribution >= 4 is 69.2 Å². The maximum absolute atomic E-state index is 12.6. The van der Waals surface area contributed by atoms with Gasteiger partial charge in [-0.25, -0.2) is 9.97 Å². The van der Waals surface area contributed by atoms with Gasteiger partial charge < -0.3 is 10.1 Å². The van der Waals surface area contributed by atoms with Gasteiger partial charge in [0, 0.05) is 24.4 Å². The number of thiocarbonyl (C=S) groups is 1. The molecule has 1 N–H and O–H groups in total. The SMILES string of the molecule is CCOC(=S)SC(CCNc1cc(Cl)nc(Cl)n1)CCN1C(=O)c2ccccc2C1=O. The molecule has 7 nitrogen and oxygen atoms in total. The maximum atomic E-state index is 12.6. The molecule has 1 aromatic heterocycles. The van der Waals surface area contributed by atoms with Gasteiger partial charge in [-0.2, -0.15) is 0 Å². The van der Waals surface area contributed by atoms with Crippen molar-refractivity contribution in [3.8, 4) is 0 Å². The molecule has 0 fully saturated rings. The summed E-state index contributed by atoms with van der Waals surface area (Å²) in [5.41, 5.74) is 0.890. The molecule has 0 bridgehead atoms. The number of rotatable bonds is 9. The highest BCUT2D eigenvalue weighted by Crippen LogP contribution is 2.26. The molecule has 31 heavy (non-hydrogen) atoms. The number of carbonyl (C=O) groups excluding carboxylic acids is 2. The first-order chi connectivity index (χ1) is 14.9. The van der Waals surface area contributed by atoms with E-state index in [1.165, 1.54) is 16.7 Å². The number of halogens is 2. The van der Waals surface area contributed by atoms with Crippen molar-refractivity contribution in [2.45, 2.75) is 25.0 Å². The quantitative estimate of drug-likeness (QED) is 0.230. The van der Waals surface area contributed by atoms with E-state index in [0.29, 0.717) is 53.9 Å². The zero-order valence-corrected chi connectivity index (χ0v) is 19.8. The predicted molar refractivity (Wildman–Crippen MR) is 127 cm³/mol. The first-order valence-electron chi connectivity index (χ1n) is 9.61. The summed E-state index contributed by atoms with van der Waals surface area (Å²) in [4.78, 5) is 34.4. The molecule has 0 saturated carbocycles. The Hall–Kier alpha value is -1.94. The molecule has 1 aliphatic rings. The molecule has 0 aliphatic carbocycles. The van der Waals surface area contributed by atoms with Gasteiger partial charge in [-0.1, -0.05) is 35.5 Å². The second-order valence-corrected chi connectivity index (χ2v) is 9.21. The highest BCUT2D eigenvalue weighted by atomic mass is 35.5. The van der Waals surface area contributed by atoms with E-state index in [-0.39, 0.29) is 27.5 Å². The van der Waals surface area contributed by atoms with Crippen LogP contribution in [-0.2, 0) is 4.74 Å². The topological polar surface area (TPSA) is 84.4 Å². The van der Waals surface area contributed by atoms with Crippen LogP contribution in [0, 0.1) is 0 Å². The number of hydrogen-bond acceptors (Lipinski definition) is 8. The van der Waals surface area contributed by atoms with Gasteiger partial charge in [0.25, 0.3) is 11.8 Å². The average Bonchev–Trinajstić information content (AvgIpc) is 2.96. The molecule has 1 aliphatic heterocycles. The number of imide groups is 1. The standard InChI is InChI=1S/C20H20Cl2N4O3S2/c1-2-29-20(30)31-12(7-9-23-16-11-15(21)24-19(22)25-16)8-10-26-17(27)13-5-3-4-6-14(13)18(26)28/h3-6,11-12H,2,7-10H2,1H3,(H,23,24,25). The molecule has 0 spiro atoms. The lowest BCUT2D eigenvalue weighted by Crippen LogP contribution is -2.32. The molecular weight excluding hydrogens is 479 g/mol. The molecule has 1 atom stereocenters. The van der Waals surface area contributed by atoms with E-state index in [9.17, 15) is 9.59 Å². The summed E-state index contributed by atoms with van der Waals surface area (Å²) in [7, 11) is 0. The van der Waals surface area contributed by atoms with Crippen molar-refractivity contribution in [1.82, 2.24) is 14.9 Å². The van der Waals surface area contributed by atoms with E-state index in [1.807, 2.05) is 6.92 Å². The van der Waals surface area contributed by atoms with Crippen molar-refractivity contribution in [3.63, 3.8) is 0 Å². The van der Waals surface area contributed by atoms with Gasteiger partial charge in [-0.15, -0.1) is 0 Å². The van der Waals surface area contributed by atoms with Crippen LogP contribution >= 0.6 is 47.2 Å². The number of hydrogen-bond donors (Lipinski definition) is 1. The first-order valence-corrected chi connectivity index (χ1v) is 11.7. The lowest BCUT2D eigenvalue weighted by Gasteiger charge is -2.20. The van der Waals surface area contributed by atoms with Gasteiger partial charge in [0.2, 0.25) is 9.67 Å². The van der Waals surface area contributed by atoms with Gasteiger partial charge in [-0.3, -0.25) is 14.5 Å². The summed E-state index contributed by atoms with van der Waals surface area (Å²) in [6, 6.07) is 8.44. The van der Waals surface area contributed by atoms with Gasteiger partial charge >= 0.3 is 0 Å². The fraction of sp³-hybridized carbons (Fsp3) is 0.350. The Kier molecular flexibility index (Phi) is 8.48. The van der Waals surface area contributed by atoms with Crippen LogP contribution in [0.2, 0.25) is 10.4 Å². The number of fused-ring (bicyclic) bond motifs is 1. The Bertz CT molecular complexity index is 937. The third-order valence-electron chi connectivity index (χ3n) is 4.52.